The van der Waals surface area contributed by atoms with Crippen LogP contribution in [0.5, 0.6) is 0 Å². The molecule has 0 atom stereocenters. The van der Waals surface area contributed by atoms with Crippen molar-refractivity contribution in [2.75, 3.05) is 49.3 Å². The van der Waals surface area contributed by atoms with E-state index in [1.807, 2.05) is 31.3 Å². The number of anilines is 3. The molecule has 8 nitrogen and oxygen atoms in total. The van der Waals surface area contributed by atoms with Gasteiger partial charge in [-0.25, -0.2) is 4.39 Å². The van der Waals surface area contributed by atoms with Crippen molar-refractivity contribution in [1.29, 1.82) is 0 Å². The minimum absolute atomic E-state index is 0.158. The van der Waals surface area contributed by atoms with Gasteiger partial charge in [-0.15, -0.1) is 0 Å². The highest BCUT2D eigenvalue weighted by molar-refractivity contribution is 6.05. The van der Waals surface area contributed by atoms with Crippen molar-refractivity contribution in [3.63, 3.8) is 0 Å². The van der Waals surface area contributed by atoms with E-state index >= 15 is 0 Å². The molecule has 0 aliphatic heterocycles. The molecule has 0 radical (unpaired) electrons. The molecule has 0 saturated heterocycles. The number of carbonyl (C=O) groups is 1. The molecule has 3 aromatic rings. The smallest absolute Gasteiger partial charge is 0.255 e. The summed E-state index contributed by atoms with van der Waals surface area (Å²) in [5, 5.41) is 11.1. The topological polar surface area (TPSA) is 118 Å². The van der Waals surface area contributed by atoms with E-state index in [0.717, 1.165) is 18.3 Å². The van der Waals surface area contributed by atoms with Crippen LogP contribution in [0, 0.1) is 5.82 Å². The quantitative estimate of drug-likeness (QED) is 0.239. The summed E-state index contributed by atoms with van der Waals surface area (Å²) in [5.41, 5.74) is 14.4. The number of amides is 1. The van der Waals surface area contributed by atoms with Gasteiger partial charge in [0, 0.05) is 31.4 Å². The van der Waals surface area contributed by atoms with Crippen LogP contribution >= 0.6 is 0 Å². The molecule has 3 rings (SSSR count). The number of azo groups is 1. The first-order valence-electron chi connectivity index (χ1n) is 10.4. The lowest BCUT2D eigenvalue weighted by Gasteiger charge is -2.19. The van der Waals surface area contributed by atoms with Gasteiger partial charge >= 0.3 is 0 Å². The van der Waals surface area contributed by atoms with Crippen LogP contribution in [0.15, 0.2) is 77.0 Å². The summed E-state index contributed by atoms with van der Waals surface area (Å²) in [6.07, 6.45) is 0. The summed E-state index contributed by atoms with van der Waals surface area (Å²) < 4.78 is 18.6. The second kappa shape index (κ2) is 11.7. The molecular weight excluding hydrogens is 423 g/mol. The molecule has 3 aromatic carbocycles. The number of nitrogens with zero attached hydrogens (tertiary/aromatic N) is 3. The summed E-state index contributed by atoms with van der Waals surface area (Å²) in [7, 11) is 1.99. The largest absolute Gasteiger partial charge is 0.397 e. The fourth-order valence-corrected chi connectivity index (χ4v) is 2.93. The van der Waals surface area contributed by atoms with Crippen LogP contribution in [0.4, 0.5) is 32.8 Å². The van der Waals surface area contributed by atoms with Crippen LogP contribution in [0.1, 0.15) is 10.4 Å². The van der Waals surface area contributed by atoms with Crippen molar-refractivity contribution in [3.05, 3.63) is 78.1 Å². The van der Waals surface area contributed by atoms with Gasteiger partial charge in [-0.05, 0) is 66.7 Å². The molecule has 0 aromatic heterocycles. The summed E-state index contributed by atoms with van der Waals surface area (Å²) in [5.74, 6) is -0.820. The molecule has 5 N–H and O–H groups in total. The Hall–Kier alpha value is -3.82. The van der Waals surface area contributed by atoms with Crippen molar-refractivity contribution < 1.29 is 13.9 Å². The fraction of sp³-hybridized carbons (Fsp3) is 0.208. The maximum absolute atomic E-state index is 13.1. The number of hydrogen-bond donors (Lipinski definition) is 3. The minimum Gasteiger partial charge on any atom is -0.397 e. The van der Waals surface area contributed by atoms with Crippen LogP contribution in [0.25, 0.3) is 0 Å². The Morgan fingerprint density at radius 3 is 2.24 bits per heavy atom. The van der Waals surface area contributed by atoms with E-state index in [1.165, 1.54) is 12.1 Å². The second-order valence-electron chi connectivity index (χ2n) is 7.27. The van der Waals surface area contributed by atoms with Gasteiger partial charge in [0.1, 0.15) is 5.82 Å². The summed E-state index contributed by atoms with van der Waals surface area (Å²) >= 11 is 0. The molecule has 33 heavy (non-hydrogen) atoms. The SMILES string of the molecule is CN(CCOCCN)c1ccc(/N=N/c2ccc(C(=O)Nc3ccc(F)cc3N)cc2)cc1. The van der Waals surface area contributed by atoms with Gasteiger partial charge in [0.2, 0.25) is 0 Å². The number of benzene rings is 3. The third kappa shape index (κ3) is 7.09. The molecule has 0 spiro atoms. The number of carbonyl (C=O) groups excluding carboxylic acids is 1. The first-order chi connectivity index (χ1) is 16.0. The maximum atomic E-state index is 13.1. The van der Waals surface area contributed by atoms with Gasteiger partial charge in [0.05, 0.1) is 36.0 Å². The third-order valence-electron chi connectivity index (χ3n) is 4.80. The molecule has 1 amide bonds. The first kappa shape index (κ1) is 23.8. The van der Waals surface area contributed by atoms with Crippen LogP contribution in [-0.4, -0.2) is 39.3 Å². The molecule has 0 unspecified atom stereocenters. The number of rotatable bonds is 10. The lowest BCUT2D eigenvalue weighted by atomic mass is 10.2. The fourth-order valence-electron chi connectivity index (χ4n) is 2.93. The Labute approximate surface area is 192 Å². The highest BCUT2D eigenvalue weighted by atomic mass is 19.1. The molecular formula is C24H27FN6O2. The highest BCUT2D eigenvalue weighted by Gasteiger charge is 2.09. The number of halogens is 1. The van der Waals surface area contributed by atoms with Crippen LogP contribution in [-0.2, 0) is 4.74 Å². The van der Waals surface area contributed by atoms with Crippen molar-refractivity contribution in [2.24, 2.45) is 16.0 Å². The molecule has 0 aliphatic rings. The zero-order valence-electron chi connectivity index (χ0n) is 18.4. The Kier molecular flexibility index (Phi) is 8.45. The molecule has 9 heteroatoms. The number of likely N-dealkylation sites (N-methyl/N-ethyl adjacent to an activating group) is 1. The number of nitrogens with two attached hydrogens (primary N) is 2. The van der Waals surface area contributed by atoms with Gasteiger partial charge in [0.25, 0.3) is 5.91 Å². The van der Waals surface area contributed by atoms with Crippen molar-refractivity contribution in [3.8, 4) is 0 Å². The van der Waals surface area contributed by atoms with E-state index in [9.17, 15) is 9.18 Å². The molecule has 0 bridgehead atoms. The summed E-state index contributed by atoms with van der Waals surface area (Å²) in [4.78, 5) is 14.5. The third-order valence-corrected chi connectivity index (χ3v) is 4.80. The monoisotopic (exact) mass is 450 g/mol. The van der Waals surface area contributed by atoms with Gasteiger partial charge < -0.3 is 26.4 Å². The molecule has 0 heterocycles. The lowest BCUT2D eigenvalue weighted by molar-refractivity contribution is 0.102. The van der Waals surface area contributed by atoms with Crippen LogP contribution in [0.3, 0.4) is 0 Å². The normalized spacial score (nSPS) is 11.0. The van der Waals surface area contributed by atoms with Crippen LogP contribution in [0.2, 0.25) is 0 Å². The second-order valence-corrected chi connectivity index (χ2v) is 7.27. The van der Waals surface area contributed by atoms with E-state index in [2.05, 4.69) is 20.4 Å². The Balaban J connectivity index is 1.55. The van der Waals surface area contributed by atoms with Gasteiger partial charge in [-0.2, -0.15) is 10.2 Å². The summed E-state index contributed by atoms with van der Waals surface area (Å²) in [6.45, 7) is 2.45. The van der Waals surface area contributed by atoms with Gasteiger partial charge in [-0.3, -0.25) is 4.79 Å². The average Bonchev–Trinajstić information content (AvgIpc) is 2.83. The van der Waals surface area contributed by atoms with E-state index in [1.54, 1.807) is 24.3 Å². The van der Waals surface area contributed by atoms with E-state index in [4.69, 9.17) is 16.2 Å². The standard InChI is InChI=1S/C24H27FN6O2/c1-31(13-15-33-14-12-26)21-9-7-20(8-10-21)30-29-19-5-2-17(3-6-19)24(32)28-23-11-4-18(25)16-22(23)27/h2-11,16H,12-15,26-27H2,1H3,(H,28,32)/b30-29+. The minimum atomic E-state index is -0.463. The number of nitrogen functional groups attached to an aromatic ring is 1. The maximum Gasteiger partial charge on any atom is 0.255 e. The zero-order chi connectivity index (χ0) is 23.6. The lowest BCUT2D eigenvalue weighted by Crippen LogP contribution is -2.23. The highest BCUT2D eigenvalue weighted by Crippen LogP contribution is 2.23. The average molecular weight is 451 g/mol. The van der Waals surface area contributed by atoms with Crippen molar-refractivity contribution in [1.82, 2.24) is 0 Å². The molecule has 0 aliphatic carbocycles. The van der Waals surface area contributed by atoms with Crippen LogP contribution < -0.4 is 21.7 Å². The molecule has 0 saturated carbocycles. The Morgan fingerprint density at radius 2 is 1.64 bits per heavy atom. The van der Waals surface area contributed by atoms with Gasteiger partial charge in [0.15, 0.2) is 0 Å². The predicted octanol–water partition coefficient (Wildman–Crippen LogP) is 4.49. The molecule has 172 valence electrons. The Morgan fingerprint density at radius 1 is 1.00 bits per heavy atom. The van der Waals surface area contributed by atoms with E-state index in [0.29, 0.717) is 42.4 Å². The summed E-state index contributed by atoms with van der Waals surface area (Å²) in [6, 6.07) is 18.1. The van der Waals surface area contributed by atoms with Gasteiger partial charge in [-0.1, -0.05) is 0 Å². The predicted molar refractivity (Wildman–Crippen MR) is 129 cm³/mol. The first-order valence-corrected chi connectivity index (χ1v) is 10.4. The van der Waals surface area contributed by atoms with Crippen molar-refractivity contribution in [2.45, 2.75) is 0 Å². The molecule has 0 fully saturated rings. The van der Waals surface area contributed by atoms with E-state index in [-0.39, 0.29) is 11.6 Å². The van der Waals surface area contributed by atoms with Crippen molar-refractivity contribution >= 4 is 34.3 Å². The number of hydrogen-bond acceptors (Lipinski definition) is 7. The van der Waals surface area contributed by atoms with E-state index < -0.39 is 5.82 Å². The number of ether oxygens (including phenoxy) is 1. The number of nitrogens with one attached hydrogen (secondary N) is 1. The Bertz CT molecular complexity index is 1090. The zero-order valence-corrected chi connectivity index (χ0v) is 18.4.